The number of carbonyl (C=O) groups is 1. The van der Waals surface area contributed by atoms with Crippen molar-refractivity contribution in [3.8, 4) is 10.7 Å². The zero-order valence-corrected chi connectivity index (χ0v) is 13.2. The number of hydrogen-bond acceptors (Lipinski definition) is 5. The molecule has 0 aliphatic heterocycles. The van der Waals surface area contributed by atoms with Gasteiger partial charge in [-0.05, 0) is 30.2 Å². The molecule has 1 saturated carbocycles. The Hall–Kier alpha value is -1.34. The molecular weight excluding hydrogens is 306 g/mol. The maximum absolute atomic E-state index is 10.8. The van der Waals surface area contributed by atoms with Crippen molar-refractivity contribution in [2.75, 3.05) is 5.75 Å². The molecule has 1 N–H and O–H groups in total. The molecule has 0 bridgehead atoms. The number of thioether (sulfide) groups is 1. The van der Waals surface area contributed by atoms with Crippen LogP contribution in [0.1, 0.15) is 25.7 Å². The van der Waals surface area contributed by atoms with E-state index in [2.05, 4.69) is 14.8 Å². The number of thiophene rings is 1. The van der Waals surface area contributed by atoms with E-state index in [0.717, 1.165) is 17.2 Å². The van der Waals surface area contributed by atoms with Gasteiger partial charge in [-0.15, -0.1) is 21.5 Å². The summed E-state index contributed by atoms with van der Waals surface area (Å²) >= 11 is 2.89. The fraction of sp³-hybridized carbons (Fsp3) is 0.500. The first kappa shape index (κ1) is 14.6. The van der Waals surface area contributed by atoms with E-state index in [4.69, 9.17) is 5.11 Å². The largest absolute Gasteiger partial charge is 0.481 e. The van der Waals surface area contributed by atoms with Crippen LogP contribution in [-0.4, -0.2) is 31.6 Å². The average Bonchev–Trinajstić information content (AvgIpc) is 3.18. The molecule has 1 aliphatic carbocycles. The van der Waals surface area contributed by atoms with E-state index in [1.54, 1.807) is 11.3 Å². The highest BCUT2D eigenvalue weighted by Crippen LogP contribution is 2.32. The van der Waals surface area contributed by atoms with Crippen molar-refractivity contribution < 1.29 is 9.90 Å². The standard InChI is InChI=1S/C14H17N3O2S2/c18-12(19)9-21-14-16-15-13(11-6-3-7-20-11)17(14)8-10-4-1-2-5-10/h3,6-7,10H,1-2,4-5,8-9H2,(H,18,19). The lowest BCUT2D eigenvalue weighted by atomic mass is 10.1. The van der Waals surface area contributed by atoms with Gasteiger partial charge in [0.2, 0.25) is 0 Å². The third-order valence-corrected chi connectivity index (χ3v) is 5.52. The SMILES string of the molecule is O=C(O)CSc1nnc(-c2cccs2)n1CC1CCCC1. The van der Waals surface area contributed by atoms with Crippen LogP contribution in [0.25, 0.3) is 10.7 Å². The van der Waals surface area contributed by atoms with Gasteiger partial charge in [0.25, 0.3) is 0 Å². The smallest absolute Gasteiger partial charge is 0.313 e. The minimum atomic E-state index is -0.826. The quantitative estimate of drug-likeness (QED) is 0.826. The van der Waals surface area contributed by atoms with Gasteiger partial charge in [0.1, 0.15) is 0 Å². The van der Waals surface area contributed by atoms with E-state index in [1.807, 2.05) is 17.5 Å². The topological polar surface area (TPSA) is 68.0 Å². The van der Waals surface area contributed by atoms with Gasteiger partial charge in [-0.3, -0.25) is 4.79 Å². The van der Waals surface area contributed by atoms with E-state index in [-0.39, 0.29) is 5.75 Å². The molecule has 3 rings (SSSR count). The molecule has 0 saturated heterocycles. The number of carboxylic acid groups (broad SMARTS) is 1. The highest BCUT2D eigenvalue weighted by molar-refractivity contribution is 7.99. The van der Waals surface area contributed by atoms with E-state index >= 15 is 0 Å². The number of hydrogen-bond donors (Lipinski definition) is 1. The Morgan fingerprint density at radius 2 is 2.24 bits per heavy atom. The Morgan fingerprint density at radius 1 is 1.43 bits per heavy atom. The summed E-state index contributed by atoms with van der Waals surface area (Å²) in [6, 6.07) is 4.03. The van der Waals surface area contributed by atoms with Crippen LogP contribution in [0.5, 0.6) is 0 Å². The lowest BCUT2D eigenvalue weighted by Gasteiger charge is -2.13. The van der Waals surface area contributed by atoms with Crippen LogP contribution in [0.3, 0.4) is 0 Å². The molecule has 0 radical (unpaired) electrons. The van der Waals surface area contributed by atoms with Crippen LogP contribution in [0.4, 0.5) is 0 Å². The van der Waals surface area contributed by atoms with Crippen LogP contribution < -0.4 is 0 Å². The summed E-state index contributed by atoms with van der Waals surface area (Å²) in [7, 11) is 0. The molecule has 0 spiro atoms. The zero-order chi connectivity index (χ0) is 14.7. The van der Waals surface area contributed by atoms with Crippen molar-refractivity contribution in [3.05, 3.63) is 17.5 Å². The Labute approximate surface area is 131 Å². The fourth-order valence-corrected chi connectivity index (χ4v) is 4.11. The molecule has 7 heteroatoms. The molecule has 21 heavy (non-hydrogen) atoms. The number of rotatable bonds is 6. The van der Waals surface area contributed by atoms with Crippen molar-refractivity contribution in [2.45, 2.75) is 37.4 Å². The van der Waals surface area contributed by atoms with Gasteiger partial charge in [0.05, 0.1) is 10.6 Å². The summed E-state index contributed by atoms with van der Waals surface area (Å²) < 4.78 is 2.11. The first-order valence-electron chi connectivity index (χ1n) is 7.05. The first-order chi connectivity index (χ1) is 10.2. The van der Waals surface area contributed by atoms with Crippen LogP contribution in [0.15, 0.2) is 22.7 Å². The summed E-state index contributed by atoms with van der Waals surface area (Å²) in [5.41, 5.74) is 0. The van der Waals surface area contributed by atoms with Gasteiger partial charge in [-0.25, -0.2) is 0 Å². The first-order valence-corrected chi connectivity index (χ1v) is 8.92. The maximum Gasteiger partial charge on any atom is 0.313 e. The molecule has 1 fully saturated rings. The minimum Gasteiger partial charge on any atom is -0.481 e. The van der Waals surface area contributed by atoms with Gasteiger partial charge in [0.15, 0.2) is 11.0 Å². The van der Waals surface area contributed by atoms with E-state index in [1.165, 1.54) is 37.4 Å². The van der Waals surface area contributed by atoms with Crippen molar-refractivity contribution in [2.24, 2.45) is 5.92 Å². The zero-order valence-electron chi connectivity index (χ0n) is 11.6. The second kappa shape index (κ2) is 6.62. The van der Waals surface area contributed by atoms with Gasteiger partial charge < -0.3 is 9.67 Å². The Morgan fingerprint density at radius 3 is 2.90 bits per heavy atom. The third kappa shape index (κ3) is 3.47. The van der Waals surface area contributed by atoms with Crippen LogP contribution in [0, 0.1) is 5.92 Å². The summed E-state index contributed by atoms with van der Waals surface area (Å²) in [6.07, 6.45) is 5.06. The number of nitrogens with zero attached hydrogens (tertiary/aromatic N) is 3. The van der Waals surface area contributed by atoms with Gasteiger partial charge in [-0.1, -0.05) is 30.7 Å². The molecular formula is C14H17N3O2S2. The summed E-state index contributed by atoms with van der Waals surface area (Å²) in [6.45, 7) is 0.891. The Kier molecular flexibility index (Phi) is 4.60. The van der Waals surface area contributed by atoms with Crippen molar-refractivity contribution in [3.63, 3.8) is 0 Å². The summed E-state index contributed by atoms with van der Waals surface area (Å²) in [4.78, 5) is 11.9. The van der Waals surface area contributed by atoms with Crippen LogP contribution in [0.2, 0.25) is 0 Å². The minimum absolute atomic E-state index is 0.0211. The van der Waals surface area contributed by atoms with Crippen LogP contribution >= 0.6 is 23.1 Å². The number of aliphatic carboxylic acids is 1. The van der Waals surface area contributed by atoms with Gasteiger partial charge in [-0.2, -0.15) is 0 Å². The molecule has 2 heterocycles. The molecule has 5 nitrogen and oxygen atoms in total. The highest BCUT2D eigenvalue weighted by Gasteiger charge is 2.21. The molecule has 112 valence electrons. The highest BCUT2D eigenvalue weighted by atomic mass is 32.2. The predicted molar refractivity (Wildman–Crippen MR) is 83.7 cm³/mol. The third-order valence-electron chi connectivity index (χ3n) is 3.70. The van der Waals surface area contributed by atoms with E-state index in [9.17, 15) is 4.79 Å². The van der Waals surface area contributed by atoms with Crippen molar-refractivity contribution in [1.29, 1.82) is 0 Å². The van der Waals surface area contributed by atoms with Gasteiger partial charge >= 0.3 is 5.97 Å². The van der Waals surface area contributed by atoms with E-state index < -0.39 is 5.97 Å². The fourth-order valence-electron chi connectivity index (χ4n) is 2.73. The predicted octanol–water partition coefficient (Wildman–Crippen LogP) is 3.37. The number of carboxylic acids is 1. The normalized spacial score (nSPS) is 15.6. The molecule has 1 aliphatic rings. The molecule has 0 unspecified atom stereocenters. The van der Waals surface area contributed by atoms with Gasteiger partial charge in [0, 0.05) is 6.54 Å². The molecule has 2 aromatic heterocycles. The van der Waals surface area contributed by atoms with Crippen LogP contribution in [-0.2, 0) is 11.3 Å². The maximum atomic E-state index is 10.8. The Balaban J connectivity index is 1.86. The molecule has 0 atom stereocenters. The lowest BCUT2D eigenvalue weighted by Crippen LogP contribution is -2.10. The van der Waals surface area contributed by atoms with E-state index in [0.29, 0.717) is 11.1 Å². The second-order valence-corrected chi connectivity index (χ2v) is 7.12. The average molecular weight is 323 g/mol. The summed E-state index contributed by atoms with van der Waals surface area (Å²) in [5, 5.41) is 20.1. The summed E-state index contributed by atoms with van der Waals surface area (Å²) in [5.74, 6) is 0.717. The monoisotopic (exact) mass is 323 g/mol. The molecule has 0 amide bonds. The lowest BCUT2D eigenvalue weighted by molar-refractivity contribution is -0.133. The van der Waals surface area contributed by atoms with Crippen molar-refractivity contribution in [1.82, 2.24) is 14.8 Å². The molecule has 0 aromatic carbocycles. The number of aromatic nitrogens is 3. The Bertz CT molecular complexity index is 604. The van der Waals surface area contributed by atoms with Crippen molar-refractivity contribution >= 4 is 29.1 Å². The second-order valence-electron chi connectivity index (χ2n) is 5.23. The molecule has 2 aromatic rings.